The van der Waals surface area contributed by atoms with E-state index in [4.69, 9.17) is 0 Å². The molecule has 3 heteroatoms. The van der Waals surface area contributed by atoms with Gasteiger partial charge in [-0.2, -0.15) is 0 Å². The molecule has 0 atom stereocenters. The van der Waals surface area contributed by atoms with Gasteiger partial charge < -0.3 is 12.4 Å². The molecule has 1 aliphatic rings. The molecule has 0 aliphatic carbocycles. The maximum Gasteiger partial charge on any atom is 0.244 e. The van der Waals surface area contributed by atoms with E-state index in [0.29, 0.717) is 0 Å². The minimum atomic E-state index is 0. The topological polar surface area (TPSA) is 6.25 Å². The zero-order valence-corrected chi connectivity index (χ0v) is 17.4. The molecule has 0 spiro atoms. The third-order valence-corrected chi connectivity index (χ3v) is 5.46. The van der Waals surface area contributed by atoms with Gasteiger partial charge in [-0.3, -0.25) is 0 Å². The second-order valence-electron chi connectivity index (χ2n) is 7.27. The highest BCUT2D eigenvalue weighted by atomic mass is 35.5. The lowest BCUT2D eigenvalue weighted by Gasteiger charge is -2.12. The summed E-state index contributed by atoms with van der Waals surface area (Å²) in [5.41, 5.74) is 7.53. The number of hydrogen-bond donors (Lipinski definition) is 0. The third-order valence-electron chi connectivity index (χ3n) is 5.46. The summed E-state index contributed by atoms with van der Waals surface area (Å²) in [5.74, 6) is 0. The Morgan fingerprint density at radius 2 is 1.10 bits per heavy atom. The van der Waals surface area contributed by atoms with Crippen LogP contribution >= 0.6 is 0 Å². The molecule has 1 heterocycles. The standard InChI is InChI=1S/C27H23N2.ClH/c1-3-11-22(12-4-1)24-15-7-9-17-26(24)28-19-20-29(21-28)27-18-10-8-16-25(27)23-13-5-2-6-14-23;/h1-18,21H,19-20H2;1H/q+1;/p-1. The second kappa shape index (κ2) is 8.98. The molecule has 0 radical (unpaired) electrons. The molecular formula is C27H23ClN2. The molecule has 4 aromatic carbocycles. The van der Waals surface area contributed by atoms with Crippen molar-refractivity contribution in [3.05, 3.63) is 109 Å². The summed E-state index contributed by atoms with van der Waals surface area (Å²) in [6.45, 7) is 1.93. The Balaban J connectivity index is 0.00000218. The lowest BCUT2D eigenvalue weighted by molar-refractivity contribution is -0.423. The van der Waals surface area contributed by atoms with Gasteiger partial charge in [-0.15, -0.1) is 0 Å². The molecule has 0 N–H and O–H groups in total. The molecule has 5 rings (SSSR count). The molecule has 0 amide bonds. The maximum absolute atomic E-state index is 2.37. The highest BCUT2D eigenvalue weighted by molar-refractivity contribution is 5.89. The number of hydrogen-bond acceptors (Lipinski definition) is 1. The summed E-state index contributed by atoms with van der Waals surface area (Å²) in [5, 5.41) is 0. The van der Waals surface area contributed by atoms with Gasteiger partial charge in [0.2, 0.25) is 6.34 Å². The lowest BCUT2D eigenvalue weighted by atomic mass is 10.0. The van der Waals surface area contributed by atoms with Crippen LogP contribution in [0.4, 0.5) is 11.4 Å². The molecule has 0 saturated heterocycles. The second-order valence-corrected chi connectivity index (χ2v) is 7.27. The molecule has 0 bridgehead atoms. The Hall–Kier alpha value is -3.36. The fourth-order valence-corrected chi connectivity index (χ4v) is 4.04. The van der Waals surface area contributed by atoms with Crippen molar-refractivity contribution in [3.63, 3.8) is 0 Å². The van der Waals surface area contributed by atoms with Crippen LogP contribution in [0.25, 0.3) is 22.3 Å². The van der Waals surface area contributed by atoms with E-state index in [1.54, 1.807) is 0 Å². The molecule has 0 saturated carbocycles. The van der Waals surface area contributed by atoms with Crippen LogP contribution in [0.15, 0.2) is 109 Å². The van der Waals surface area contributed by atoms with Gasteiger partial charge in [0.1, 0.15) is 24.5 Å². The monoisotopic (exact) mass is 410 g/mol. The van der Waals surface area contributed by atoms with Gasteiger partial charge in [0.05, 0.1) is 0 Å². The van der Waals surface area contributed by atoms with E-state index < -0.39 is 0 Å². The summed E-state index contributed by atoms with van der Waals surface area (Å²) in [6, 6.07) is 38.6. The van der Waals surface area contributed by atoms with Gasteiger partial charge >= 0.3 is 0 Å². The summed E-state index contributed by atoms with van der Waals surface area (Å²) >= 11 is 0. The molecule has 0 unspecified atom stereocenters. The first-order valence-electron chi connectivity index (χ1n) is 10.1. The molecule has 0 fully saturated rings. The van der Waals surface area contributed by atoms with E-state index in [9.17, 15) is 0 Å². The molecule has 2 nitrogen and oxygen atoms in total. The predicted molar refractivity (Wildman–Crippen MR) is 122 cm³/mol. The number of anilines is 1. The largest absolute Gasteiger partial charge is 1.00 e. The van der Waals surface area contributed by atoms with Crippen LogP contribution in [0, 0.1) is 0 Å². The normalized spacial score (nSPS) is 12.9. The molecule has 1 aliphatic heterocycles. The Bertz CT molecular complexity index is 1150. The number of rotatable bonds is 4. The zero-order chi connectivity index (χ0) is 19.5. The van der Waals surface area contributed by atoms with Gasteiger partial charge in [-0.25, -0.2) is 9.48 Å². The van der Waals surface area contributed by atoms with Crippen molar-refractivity contribution in [3.8, 4) is 22.3 Å². The average molecular weight is 411 g/mol. The van der Waals surface area contributed by atoms with Crippen LogP contribution in [0.5, 0.6) is 0 Å². The zero-order valence-electron chi connectivity index (χ0n) is 16.7. The minimum absolute atomic E-state index is 0. The molecule has 4 aromatic rings. The summed E-state index contributed by atoms with van der Waals surface area (Å²) < 4.78 is 2.37. The van der Waals surface area contributed by atoms with Crippen molar-refractivity contribution in [1.29, 1.82) is 0 Å². The van der Waals surface area contributed by atoms with Crippen molar-refractivity contribution < 1.29 is 17.0 Å². The van der Waals surface area contributed by atoms with Crippen LogP contribution < -0.4 is 17.3 Å². The van der Waals surface area contributed by atoms with E-state index in [2.05, 4.69) is 125 Å². The molecule has 30 heavy (non-hydrogen) atoms. The van der Waals surface area contributed by atoms with Crippen LogP contribution in [0.2, 0.25) is 0 Å². The SMILES string of the molecule is C1=[N+](c2ccccc2-c2ccccc2)CCN1c1ccccc1-c1ccccc1.[Cl-]. The maximum atomic E-state index is 2.37. The smallest absolute Gasteiger partial charge is 0.244 e. The Labute approximate surface area is 184 Å². The van der Waals surface area contributed by atoms with E-state index in [1.165, 1.54) is 33.6 Å². The highest BCUT2D eigenvalue weighted by Crippen LogP contribution is 2.33. The first-order chi connectivity index (χ1) is 14.4. The number of halogens is 1. The summed E-state index contributed by atoms with van der Waals surface area (Å²) in [7, 11) is 0. The van der Waals surface area contributed by atoms with E-state index in [1.807, 2.05) is 0 Å². The fourth-order valence-electron chi connectivity index (χ4n) is 4.04. The van der Waals surface area contributed by atoms with Crippen LogP contribution in [-0.4, -0.2) is 24.0 Å². The number of para-hydroxylation sites is 2. The highest BCUT2D eigenvalue weighted by Gasteiger charge is 2.26. The van der Waals surface area contributed by atoms with E-state index in [-0.39, 0.29) is 12.4 Å². The average Bonchev–Trinajstić information content (AvgIpc) is 3.30. The summed E-state index contributed by atoms with van der Waals surface area (Å²) in [4.78, 5) is 2.37. The van der Waals surface area contributed by atoms with Gasteiger partial charge in [-0.05, 0) is 23.3 Å². The van der Waals surface area contributed by atoms with Crippen LogP contribution in [0.1, 0.15) is 0 Å². The van der Waals surface area contributed by atoms with E-state index in [0.717, 1.165) is 13.1 Å². The van der Waals surface area contributed by atoms with Gasteiger partial charge in [0, 0.05) is 11.1 Å². The fraction of sp³-hybridized carbons (Fsp3) is 0.0741. The van der Waals surface area contributed by atoms with Crippen LogP contribution in [0.3, 0.4) is 0 Å². The van der Waals surface area contributed by atoms with Crippen LogP contribution in [-0.2, 0) is 0 Å². The quantitative estimate of drug-likeness (QED) is 0.468. The van der Waals surface area contributed by atoms with Crippen molar-refractivity contribution in [2.75, 3.05) is 18.0 Å². The van der Waals surface area contributed by atoms with Crippen molar-refractivity contribution >= 4 is 17.7 Å². The molecule has 148 valence electrons. The van der Waals surface area contributed by atoms with Crippen molar-refractivity contribution in [1.82, 2.24) is 0 Å². The number of benzene rings is 4. The van der Waals surface area contributed by atoms with E-state index >= 15 is 0 Å². The van der Waals surface area contributed by atoms with Crippen molar-refractivity contribution in [2.24, 2.45) is 0 Å². The lowest BCUT2D eigenvalue weighted by Crippen LogP contribution is -3.00. The first-order valence-corrected chi connectivity index (χ1v) is 10.1. The number of nitrogens with zero attached hydrogens (tertiary/aromatic N) is 2. The van der Waals surface area contributed by atoms with Crippen molar-refractivity contribution in [2.45, 2.75) is 0 Å². The molecule has 0 aromatic heterocycles. The first kappa shape index (κ1) is 19.9. The molecular weight excluding hydrogens is 388 g/mol. The van der Waals surface area contributed by atoms with Gasteiger partial charge in [0.25, 0.3) is 0 Å². The van der Waals surface area contributed by atoms with Gasteiger partial charge in [-0.1, -0.05) is 97.1 Å². The minimum Gasteiger partial charge on any atom is -1.00 e. The Kier molecular flexibility index (Phi) is 5.97. The predicted octanol–water partition coefficient (Wildman–Crippen LogP) is 3.22. The van der Waals surface area contributed by atoms with Gasteiger partial charge in [0.15, 0.2) is 0 Å². The Morgan fingerprint density at radius 3 is 1.80 bits per heavy atom. The summed E-state index contributed by atoms with van der Waals surface area (Å²) in [6.07, 6.45) is 2.25. The Morgan fingerprint density at radius 1 is 0.567 bits per heavy atom. The third kappa shape index (κ3) is 3.87.